The smallest absolute Gasteiger partial charge is 0.326 e. The van der Waals surface area contributed by atoms with Crippen LogP contribution in [-0.4, -0.2) is 111 Å². The molecule has 0 bridgehead atoms. The molecule has 0 rings (SSSR count). The molecule has 0 unspecified atom stereocenters. The number of hydrogen-bond donors (Lipinski definition) is 4. The Morgan fingerprint density at radius 1 is 0.519 bits per heavy atom. The standard InChI is InChI=1S/C40H72N2O12/c1-40(2,3)35(44)31-53-29-28-52-26-24-41-37(46)32-54-30-27-51-25-18-19-33(43)22-23-34(39(49)50)42-36(45)20-16-14-12-10-8-6-4-5-7-9-11-13-15-17-21-38(47)48/h34H,4-32H2,1-3H3,(H,41,46)(H,42,45)(H,47,48)(H,49,50)/t34-/m0/s1. The number of carboxylic acid groups (broad SMARTS) is 2. The number of Topliss-reactive ketones (excluding diaryl/α,β-unsaturated/α-hetero) is 2. The monoisotopic (exact) mass is 773 g/mol. The van der Waals surface area contributed by atoms with E-state index < -0.39 is 23.4 Å². The van der Waals surface area contributed by atoms with Crippen LogP contribution in [0, 0.1) is 5.41 Å². The SMILES string of the molecule is CC(C)(C)C(=O)COCCOCCNC(=O)COCCOCCCC(=O)CC[C@H](NC(=O)CCCCCCCCCCCCCCCCC(=O)O)C(=O)O. The van der Waals surface area contributed by atoms with Crippen LogP contribution in [0.25, 0.3) is 0 Å². The van der Waals surface area contributed by atoms with Gasteiger partial charge in [0.25, 0.3) is 0 Å². The minimum Gasteiger partial charge on any atom is -0.481 e. The number of ketones is 2. The van der Waals surface area contributed by atoms with Gasteiger partial charge in [0.1, 0.15) is 25.0 Å². The molecule has 14 nitrogen and oxygen atoms in total. The number of hydrogen-bond acceptors (Lipinski definition) is 10. The second kappa shape index (κ2) is 34.5. The van der Waals surface area contributed by atoms with Gasteiger partial charge in [0.15, 0.2) is 5.78 Å². The molecule has 0 saturated carbocycles. The zero-order chi connectivity index (χ0) is 40.3. The van der Waals surface area contributed by atoms with Crippen molar-refractivity contribution in [2.75, 3.05) is 59.4 Å². The van der Waals surface area contributed by atoms with E-state index in [0.717, 1.165) is 38.5 Å². The normalized spacial score (nSPS) is 12.0. The van der Waals surface area contributed by atoms with Crippen LogP contribution >= 0.6 is 0 Å². The van der Waals surface area contributed by atoms with Crippen LogP contribution in [0.15, 0.2) is 0 Å². The van der Waals surface area contributed by atoms with Crippen LogP contribution in [0.2, 0.25) is 0 Å². The minimum absolute atomic E-state index is 0.0247. The van der Waals surface area contributed by atoms with E-state index in [-0.39, 0.29) is 81.9 Å². The number of unbranched alkanes of at least 4 members (excludes halogenated alkanes) is 13. The van der Waals surface area contributed by atoms with Crippen LogP contribution < -0.4 is 10.6 Å². The third kappa shape index (κ3) is 34.8. The fourth-order valence-electron chi connectivity index (χ4n) is 5.31. The van der Waals surface area contributed by atoms with Crippen molar-refractivity contribution in [2.24, 2.45) is 5.41 Å². The molecule has 54 heavy (non-hydrogen) atoms. The first-order valence-electron chi connectivity index (χ1n) is 20.2. The van der Waals surface area contributed by atoms with E-state index in [0.29, 0.717) is 45.8 Å². The fourth-order valence-corrected chi connectivity index (χ4v) is 5.31. The zero-order valence-electron chi connectivity index (χ0n) is 33.6. The summed E-state index contributed by atoms with van der Waals surface area (Å²) < 4.78 is 21.4. The van der Waals surface area contributed by atoms with E-state index in [1.807, 2.05) is 20.8 Å². The maximum Gasteiger partial charge on any atom is 0.326 e. The summed E-state index contributed by atoms with van der Waals surface area (Å²) in [6.45, 7) is 7.49. The van der Waals surface area contributed by atoms with Crippen molar-refractivity contribution < 1.29 is 57.9 Å². The highest BCUT2D eigenvalue weighted by atomic mass is 16.5. The summed E-state index contributed by atoms with van der Waals surface area (Å²) in [7, 11) is 0. The van der Waals surface area contributed by atoms with Crippen molar-refractivity contribution in [1.82, 2.24) is 10.6 Å². The van der Waals surface area contributed by atoms with Gasteiger partial charge in [0, 0.05) is 44.2 Å². The van der Waals surface area contributed by atoms with E-state index in [1.54, 1.807) is 0 Å². The maximum absolute atomic E-state index is 12.3. The van der Waals surface area contributed by atoms with Crippen LogP contribution in [-0.2, 0) is 47.7 Å². The number of ether oxygens (including phenoxy) is 4. The quantitative estimate of drug-likeness (QED) is 0.0547. The molecule has 0 aromatic heterocycles. The van der Waals surface area contributed by atoms with E-state index in [1.165, 1.54) is 44.9 Å². The molecule has 0 aliphatic heterocycles. The van der Waals surface area contributed by atoms with Gasteiger partial charge in [0.05, 0.1) is 33.0 Å². The molecule has 0 fully saturated rings. The Kier molecular flexibility index (Phi) is 32.7. The number of rotatable bonds is 39. The summed E-state index contributed by atoms with van der Waals surface area (Å²) in [5, 5.41) is 23.4. The van der Waals surface area contributed by atoms with Gasteiger partial charge >= 0.3 is 11.9 Å². The Balaban J connectivity index is 3.67. The number of aliphatic carboxylic acids is 2. The minimum atomic E-state index is -1.15. The molecule has 0 aliphatic rings. The first-order chi connectivity index (χ1) is 25.8. The number of carbonyl (C=O) groups excluding carboxylic acids is 4. The van der Waals surface area contributed by atoms with Crippen molar-refractivity contribution in [3.8, 4) is 0 Å². The largest absolute Gasteiger partial charge is 0.481 e. The average Bonchev–Trinajstić information content (AvgIpc) is 3.11. The number of carboxylic acids is 2. The van der Waals surface area contributed by atoms with E-state index in [2.05, 4.69) is 10.6 Å². The second-order valence-electron chi connectivity index (χ2n) is 14.8. The summed E-state index contributed by atoms with van der Waals surface area (Å²) in [6, 6.07) is -1.09. The summed E-state index contributed by atoms with van der Waals surface area (Å²) in [4.78, 5) is 70.3. The van der Waals surface area contributed by atoms with Crippen LogP contribution in [0.4, 0.5) is 0 Å². The third-order valence-corrected chi connectivity index (χ3v) is 8.75. The molecule has 0 aromatic carbocycles. The summed E-state index contributed by atoms with van der Waals surface area (Å²) in [5.74, 6) is -2.52. The molecule has 1 atom stereocenters. The average molecular weight is 773 g/mol. The molecule has 14 heteroatoms. The van der Waals surface area contributed by atoms with Gasteiger partial charge in [-0.3, -0.25) is 24.0 Å². The van der Waals surface area contributed by atoms with Gasteiger partial charge in [0.2, 0.25) is 11.8 Å². The van der Waals surface area contributed by atoms with Crippen molar-refractivity contribution in [2.45, 2.75) is 155 Å². The molecule has 0 aromatic rings. The predicted octanol–water partition coefficient (Wildman–Crippen LogP) is 5.81. The first-order valence-corrected chi connectivity index (χ1v) is 20.2. The topological polar surface area (TPSA) is 204 Å². The van der Waals surface area contributed by atoms with Gasteiger partial charge in [-0.1, -0.05) is 97.8 Å². The van der Waals surface area contributed by atoms with Crippen LogP contribution in [0.1, 0.15) is 149 Å². The van der Waals surface area contributed by atoms with Gasteiger partial charge < -0.3 is 39.8 Å². The molecular weight excluding hydrogens is 700 g/mol. The van der Waals surface area contributed by atoms with Crippen LogP contribution in [0.3, 0.4) is 0 Å². The van der Waals surface area contributed by atoms with Gasteiger partial charge in [-0.15, -0.1) is 0 Å². The molecule has 0 radical (unpaired) electrons. The Morgan fingerprint density at radius 2 is 1.00 bits per heavy atom. The summed E-state index contributed by atoms with van der Waals surface area (Å²) >= 11 is 0. The van der Waals surface area contributed by atoms with Gasteiger partial charge in [-0.2, -0.15) is 0 Å². The number of carbonyl (C=O) groups is 6. The second-order valence-corrected chi connectivity index (χ2v) is 14.8. The highest BCUT2D eigenvalue weighted by Crippen LogP contribution is 2.15. The molecule has 0 saturated heterocycles. The van der Waals surface area contributed by atoms with Crippen molar-refractivity contribution in [3.63, 3.8) is 0 Å². The van der Waals surface area contributed by atoms with E-state index in [4.69, 9.17) is 24.1 Å². The lowest BCUT2D eigenvalue weighted by atomic mass is 9.91. The van der Waals surface area contributed by atoms with Crippen LogP contribution in [0.5, 0.6) is 0 Å². The third-order valence-electron chi connectivity index (χ3n) is 8.75. The first kappa shape index (κ1) is 51.1. The Hall–Kier alpha value is -2.94. The molecule has 0 spiro atoms. The van der Waals surface area contributed by atoms with Crippen molar-refractivity contribution in [1.29, 1.82) is 0 Å². The fraction of sp³-hybridized carbons (Fsp3) is 0.850. The van der Waals surface area contributed by atoms with Gasteiger partial charge in [-0.25, -0.2) is 4.79 Å². The van der Waals surface area contributed by atoms with E-state index >= 15 is 0 Å². The Bertz CT molecular complexity index is 1030. The summed E-state index contributed by atoms with van der Waals surface area (Å²) in [5.41, 5.74) is -0.432. The molecule has 314 valence electrons. The molecule has 0 aliphatic carbocycles. The van der Waals surface area contributed by atoms with Crippen molar-refractivity contribution in [3.05, 3.63) is 0 Å². The lowest BCUT2D eigenvalue weighted by Crippen LogP contribution is -2.41. The lowest BCUT2D eigenvalue weighted by molar-refractivity contribution is -0.142. The Labute approximate surface area is 323 Å². The summed E-state index contributed by atoms with van der Waals surface area (Å²) in [6.07, 6.45) is 16.6. The highest BCUT2D eigenvalue weighted by molar-refractivity contribution is 5.85. The van der Waals surface area contributed by atoms with Gasteiger partial charge in [-0.05, 0) is 25.7 Å². The highest BCUT2D eigenvalue weighted by Gasteiger charge is 2.21. The Morgan fingerprint density at radius 3 is 1.52 bits per heavy atom. The predicted molar refractivity (Wildman–Crippen MR) is 205 cm³/mol. The zero-order valence-corrected chi connectivity index (χ0v) is 33.6. The van der Waals surface area contributed by atoms with E-state index in [9.17, 15) is 33.9 Å². The molecule has 2 amide bonds. The maximum atomic E-state index is 12.3. The number of amides is 2. The number of nitrogens with one attached hydrogen (secondary N) is 2. The molecule has 0 heterocycles. The molecular formula is C40H72N2O12. The molecule has 4 N–H and O–H groups in total. The lowest BCUT2D eigenvalue weighted by Gasteiger charge is -2.16. The van der Waals surface area contributed by atoms with Crippen molar-refractivity contribution >= 4 is 35.3 Å².